The molecule has 0 unspecified atom stereocenters. The zero-order chi connectivity index (χ0) is 9.97. The molecule has 0 aliphatic rings. The molecule has 0 radical (unpaired) electrons. The summed E-state index contributed by atoms with van der Waals surface area (Å²) in [6, 6.07) is 0. The number of aryl methyl sites for hydroxylation is 1. The second kappa shape index (κ2) is 4.05. The number of halogens is 1. The molecule has 0 amide bonds. The minimum Gasteiger partial charge on any atom is -0.426 e. The Morgan fingerprint density at radius 3 is 3.00 bits per heavy atom. The maximum atomic E-state index is 5.41. The third-order valence-corrected chi connectivity index (χ3v) is 2.75. The van der Waals surface area contributed by atoms with Crippen molar-refractivity contribution in [3.8, 4) is 10.9 Å². The number of hydrogen-bond donors (Lipinski definition) is 0. The predicted molar refractivity (Wildman–Crippen MR) is 55.6 cm³/mol. The first-order valence-electron chi connectivity index (χ1n) is 3.97. The van der Waals surface area contributed by atoms with E-state index >= 15 is 0 Å². The van der Waals surface area contributed by atoms with Crippen molar-refractivity contribution in [1.29, 1.82) is 0 Å². The monoisotopic (exact) mass is 274 g/mol. The summed E-state index contributed by atoms with van der Waals surface area (Å²) in [5.41, 5.74) is 0. The van der Waals surface area contributed by atoms with Gasteiger partial charge in [0.25, 0.3) is 5.19 Å². The molecule has 0 saturated heterocycles. The van der Waals surface area contributed by atoms with Gasteiger partial charge in [0, 0.05) is 6.54 Å². The van der Waals surface area contributed by atoms with Crippen LogP contribution in [-0.2, 0) is 6.54 Å². The lowest BCUT2D eigenvalue weighted by molar-refractivity contribution is 0.472. The van der Waals surface area contributed by atoms with Gasteiger partial charge in [0.15, 0.2) is 9.67 Å². The van der Waals surface area contributed by atoms with Crippen LogP contribution in [0.2, 0.25) is 0 Å². The molecule has 0 aromatic carbocycles. The highest BCUT2D eigenvalue weighted by atomic mass is 79.9. The summed E-state index contributed by atoms with van der Waals surface area (Å²) < 4.78 is 7.90. The van der Waals surface area contributed by atoms with Crippen LogP contribution < -0.4 is 4.74 Å². The van der Waals surface area contributed by atoms with Crippen molar-refractivity contribution in [2.75, 3.05) is 0 Å². The lowest BCUT2D eigenvalue weighted by atomic mass is 10.6. The molecular formula is C7H7BrN4OS. The average molecular weight is 275 g/mol. The van der Waals surface area contributed by atoms with E-state index in [1.165, 1.54) is 11.3 Å². The minimum atomic E-state index is 0.507. The molecule has 0 saturated carbocycles. The Morgan fingerprint density at radius 1 is 1.57 bits per heavy atom. The maximum absolute atomic E-state index is 5.41. The van der Waals surface area contributed by atoms with Gasteiger partial charge in [0.1, 0.15) is 0 Å². The highest BCUT2D eigenvalue weighted by Crippen LogP contribution is 2.26. The second-order valence-corrected chi connectivity index (χ2v) is 4.67. The third kappa shape index (κ3) is 2.10. The first-order valence-corrected chi connectivity index (χ1v) is 5.58. The number of ether oxygens (including phenoxy) is 1. The van der Waals surface area contributed by atoms with Crippen LogP contribution >= 0.6 is 27.3 Å². The van der Waals surface area contributed by atoms with Gasteiger partial charge in [-0.25, -0.2) is 0 Å². The quantitative estimate of drug-likeness (QED) is 0.862. The fourth-order valence-electron chi connectivity index (χ4n) is 0.905. The Kier molecular flexibility index (Phi) is 2.78. The summed E-state index contributed by atoms with van der Waals surface area (Å²) in [5.74, 6) is 0.676. The SMILES string of the molecule is CCn1cc(Oc2nnc(Br)s2)cn1. The van der Waals surface area contributed by atoms with Crippen LogP contribution in [0.25, 0.3) is 0 Å². The van der Waals surface area contributed by atoms with Crippen molar-refractivity contribution in [1.82, 2.24) is 20.0 Å². The Labute approximate surface area is 92.9 Å². The molecule has 14 heavy (non-hydrogen) atoms. The summed E-state index contributed by atoms with van der Waals surface area (Å²) in [7, 11) is 0. The lowest BCUT2D eigenvalue weighted by Crippen LogP contribution is -1.92. The molecule has 74 valence electrons. The Bertz CT molecular complexity index is 427. The van der Waals surface area contributed by atoms with Gasteiger partial charge in [-0.05, 0) is 34.2 Å². The van der Waals surface area contributed by atoms with Crippen LogP contribution in [-0.4, -0.2) is 20.0 Å². The van der Waals surface area contributed by atoms with Gasteiger partial charge in [-0.15, -0.1) is 5.10 Å². The number of nitrogens with zero attached hydrogens (tertiary/aromatic N) is 4. The van der Waals surface area contributed by atoms with Crippen LogP contribution in [0.5, 0.6) is 10.9 Å². The summed E-state index contributed by atoms with van der Waals surface area (Å²) in [6.07, 6.45) is 3.47. The Morgan fingerprint density at radius 2 is 2.43 bits per heavy atom. The van der Waals surface area contributed by atoms with Crippen LogP contribution in [0.3, 0.4) is 0 Å². The first-order chi connectivity index (χ1) is 6.78. The predicted octanol–water partition coefficient (Wildman–Crippen LogP) is 2.31. The molecule has 0 fully saturated rings. The molecule has 0 bridgehead atoms. The molecule has 0 atom stereocenters. The van der Waals surface area contributed by atoms with Crippen LogP contribution in [0.4, 0.5) is 0 Å². The molecule has 0 N–H and O–H groups in total. The first kappa shape index (κ1) is 9.60. The summed E-state index contributed by atoms with van der Waals surface area (Å²) in [4.78, 5) is 0. The van der Waals surface area contributed by atoms with Crippen molar-refractivity contribution in [2.45, 2.75) is 13.5 Å². The molecule has 0 aliphatic carbocycles. The van der Waals surface area contributed by atoms with Gasteiger partial charge < -0.3 is 4.74 Å². The fraction of sp³-hybridized carbons (Fsp3) is 0.286. The van der Waals surface area contributed by atoms with E-state index in [0.717, 1.165) is 6.54 Å². The lowest BCUT2D eigenvalue weighted by Gasteiger charge is -1.94. The van der Waals surface area contributed by atoms with E-state index in [1.807, 2.05) is 13.1 Å². The minimum absolute atomic E-state index is 0.507. The van der Waals surface area contributed by atoms with Crippen LogP contribution in [0.1, 0.15) is 6.92 Å². The van der Waals surface area contributed by atoms with Crippen molar-refractivity contribution in [3.63, 3.8) is 0 Å². The molecule has 7 heteroatoms. The van der Waals surface area contributed by atoms with Gasteiger partial charge in [0.2, 0.25) is 0 Å². The van der Waals surface area contributed by atoms with Crippen molar-refractivity contribution in [3.05, 3.63) is 16.3 Å². The molecule has 2 heterocycles. The third-order valence-electron chi connectivity index (χ3n) is 1.52. The van der Waals surface area contributed by atoms with Crippen LogP contribution in [0.15, 0.2) is 16.3 Å². The normalized spacial score (nSPS) is 10.4. The smallest absolute Gasteiger partial charge is 0.300 e. The zero-order valence-electron chi connectivity index (χ0n) is 7.35. The van der Waals surface area contributed by atoms with Gasteiger partial charge >= 0.3 is 0 Å². The Hall–Kier alpha value is -0.950. The Balaban J connectivity index is 2.10. The molecule has 2 aromatic rings. The molecule has 0 aliphatic heterocycles. The van der Waals surface area contributed by atoms with Gasteiger partial charge in [-0.1, -0.05) is 5.10 Å². The van der Waals surface area contributed by atoms with Crippen molar-refractivity contribution in [2.24, 2.45) is 0 Å². The van der Waals surface area contributed by atoms with Gasteiger partial charge in [0.05, 0.1) is 12.4 Å². The van der Waals surface area contributed by atoms with Crippen LogP contribution in [0, 0.1) is 0 Å². The van der Waals surface area contributed by atoms with E-state index in [9.17, 15) is 0 Å². The van der Waals surface area contributed by atoms with Gasteiger partial charge in [-0.3, -0.25) is 4.68 Å². The highest BCUT2D eigenvalue weighted by molar-refractivity contribution is 9.11. The van der Waals surface area contributed by atoms with E-state index in [1.54, 1.807) is 10.9 Å². The number of hydrogen-bond acceptors (Lipinski definition) is 5. The molecule has 2 rings (SSSR count). The highest BCUT2D eigenvalue weighted by Gasteiger charge is 2.05. The van der Waals surface area contributed by atoms with Crippen molar-refractivity contribution >= 4 is 27.3 Å². The topological polar surface area (TPSA) is 52.8 Å². The molecule has 2 aromatic heterocycles. The number of aromatic nitrogens is 4. The van der Waals surface area contributed by atoms with Crippen molar-refractivity contribution < 1.29 is 4.74 Å². The molecule has 0 spiro atoms. The van der Waals surface area contributed by atoms with E-state index in [4.69, 9.17) is 4.74 Å². The van der Waals surface area contributed by atoms with E-state index in [-0.39, 0.29) is 0 Å². The zero-order valence-corrected chi connectivity index (χ0v) is 9.75. The van der Waals surface area contributed by atoms with E-state index in [2.05, 4.69) is 31.2 Å². The van der Waals surface area contributed by atoms with Gasteiger partial charge in [-0.2, -0.15) is 5.10 Å². The summed E-state index contributed by atoms with van der Waals surface area (Å²) >= 11 is 4.54. The summed E-state index contributed by atoms with van der Waals surface area (Å²) in [5, 5.41) is 12.2. The average Bonchev–Trinajstić information content (AvgIpc) is 2.76. The molecular weight excluding hydrogens is 268 g/mol. The summed E-state index contributed by atoms with van der Waals surface area (Å²) in [6.45, 7) is 2.83. The van der Waals surface area contributed by atoms with E-state index in [0.29, 0.717) is 14.9 Å². The fourth-order valence-corrected chi connectivity index (χ4v) is 1.85. The standard InChI is InChI=1S/C7H7BrN4OS/c1-2-12-4-5(3-9-12)13-7-11-10-6(8)14-7/h3-4H,2H2,1H3. The molecule has 5 nitrogen and oxygen atoms in total. The second-order valence-electron chi connectivity index (χ2n) is 2.45. The number of rotatable bonds is 3. The maximum Gasteiger partial charge on any atom is 0.300 e. The van der Waals surface area contributed by atoms with E-state index < -0.39 is 0 Å². The largest absolute Gasteiger partial charge is 0.426 e.